The molecular formula is C17H25NO5S. The third-order valence-corrected chi connectivity index (χ3v) is 3.46. The van der Waals surface area contributed by atoms with Crippen LogP contribution in [0, 0.1) is 0 Å². The van der Waals surface area contributed by atoms with Crippen LogP contribution >= 0.6 is 11.8 Å². The van der Waals surface area contributed by atoms with Crippen LogP contribution in [0.4, 0.5) is 4.79 Å². The van der Waals surface area contributed by atoms with Gasteiger partial charge in [-0.2, -0.15) is 11.8 Å². The number of aromatic carboxylic acids is 1. The fourth-order valence-electron chi connectivity index (χ4n) is 1.88. The molecule has 7 heteroatoms. The van der Waals surface area contributed by atoms with Crippen LogP contribution in [0.15, 0.2) is 18.2 Å². The van der Waals surface area contributed by atoms with Crippen LogP contribution in [0.25, 0.3) is 0 Å². The molecule has 2 N–H and O–H groups in total. The summed E-state index contributed by atoms with van der Waals surface area (Å²) >= 11 is 1.65. The molecule has 1 aromatic rings. The molecule has 1 rings (SSSR count). The van der Waals surface area contributed by atoms with Gasteiger partial charge in [0.05, 0.1) is 6.61 Å². The van der Waals surface area contributed by atoms with Crippen molar-refractivity contribution in [1.82, 2.24) is 5.32 Å². The Labute approximate surface area is 146 Å². The Bertz CT molecular complexity index is 569. The molecule has 0 aliphatic heterocycles. The predicted molar refractivity (Wildman–Crippen MR) is 95.0 cm³/mol. The molecule has 1 amide bonds. The Morgan fingerprint density at radius 2 is 2.00 bits per heavy atom. The van der Waals surface area contributed by atoms with Crippen molar-refractivity contribution in [2.45, 2.75) is 38.5 Å². The Balaban J connectivity index is 2.47. The number of carbonyl (C=O) groups is 2. The van der Waals surface area contributed by atoms with Gasteiger partial charge < -0.3 is 19.9 Å². The monoisotopic (exact) mass is 355 g/mol. The van der Waals surface area contributed by atoms with E-state index in [-0.39, 0.29) is 5.56 Å². The van der Waals surface area contributed by atoms with Crippen LogP contribution in [0.2, 0.25) is 0 Å². The number of rotatable bonds is 8. The van der Waals surface area contributed by atoms with E-state index in [0.717, 1.165) is 11.3 Å². The minimum absolute atomic E-state index is 0.139. The van der Waals surface area contributed by atoms with Crippen LogP contribution in [-0.2, 0) is 10.5 Å². The van der Waals surface area contributed by atoms with Gasteiger partial charge in [0.15, 0.2) is 0 Å². The van der Waals surface area contributed by atoms with Crippen LogP contribution in [0.1, 0.15) is 43.1 Å². The molecule has 0 bridgehead atoms. The minimum Gasteiger partial charge on any atom is -0.493 e. The second kappa shape index (κ2) is 9.42. The van der Waals surface area contributed by atoms with Crippen molar-refractivity contribution < 1.29 is 24.2 Å². The van der Waals surface area contributed by atoms with E-state index in [2.05, 4.69) is 5.32 Å². The van der Waals surface area contributed by atoms with Crippen molar-refractivity contribution in [1.29, 1.82) is 0 Å². The molecule has 0 spiro atoms. The Kier molecular flexibility index (Phi) is 7.91. The van der Waals surface area contributed by atoms with E-state index in [0.29, 0.717) is 25.3 Å². The maximum absolute atomic E-state index is 11.5. The molecule has 0 atom stereocenters. The molecule has 0 heterocycles. The van der Waals surface area contributed by atoms with Gasteiger partial charge in [-0.3, -0.25) is 0 Å². The van der Waals surface area contributed by atoms with Crippen molar-refractivity contribution >= 4 is 23.8 Å². The lowest BCUT2D eigenvalue weighted by Crippen LogP contribution is -2.33. The lowest BCUT2D eigenvalue weighted by Gasteiger charge is -2.19. The quantitative estimate of drug-likeness (QED) is 0.694. The highest BCUT2D eigenvalue weighted by atomic mass is 32.2. The van der Waals surface area contributed by atoms with Gasteiger partial charge in [0, 0.05) is 12.3 Å². The SMILES string of the molecule is CSCc1ccc(C(=O)O)c(OCCCNC(=O)OC(C)(C)C)c1. The van der Waals surface area contributed by atoms with Gasteiger partial charge in [-0.25, -0.2) is 9.59 Å². The van der Waals surface area contributed by atoms with Crippen molar-refractivity contribution in [2.24, 2.45) is 0 Å². The number of hydrogen-bond donors (Lipinski definition) is 2. The lowest BCUT2D eigenvalue weighted by atomic mass is 10.1. The first-order valence-corrected chi connectivity index (χ1v) is 9.07. The van der Waals surface area contributed by atoms with Crippen LogP contribution < -0.4 is 10.1 Å². The average molecular weight is 355 g/mol. The summed E-state index contributed by atoms with van der Waals surface area (Å²) in [6.07, 6.45) is 2.05. The summed E-state index contributed by atoms with van der Waals surface area (Å²) in [5.74, 6) is 0.120. The number of hydrogen-bond acceptors (Lipinski definition) is 5. The molecule has 24 heavy (non-hydrogen) atoms. The van der Waals surface area contributed by atoms with Gasteiger partial charge in [-0.15, -0.1) is 0 Å². The number of carboxylic acid groups (broad SMARTS) is 1. The smallest absolute Gasteiger partial charge is 0.407 e. The summed E-state index contributed by atoms with van der Waals surface area (Å²) in [5.41, 5.74) is 0.614. The number of ether oxygens (including phenoxy) is 2. The summed E-state index contributed by atoms with van der Waals surface area (Å²) in [5, 5.41) is 11.8. The second-order valence-corrected chi connectivity index (χ2v) is 7.07. The number of benzene rings is 1. The van der Waals surface area contributed by atoms with Crippen molar-refractivity contribution in [2.75, 3.05) is 19.4 Å². The summed E-state index contributed by atoms with van der Waals surface area (Å²) in [7, 11) is 0. The van der Waals surface area contributed by atoms with E-state index >= 15 is 0 Å². The molecule has 134 valence electrons. The molecule has 0 aromatic heterocycles. The van der Waals surface area contributed by atoms with E-state index in [9.17, 15) is 14.7 Å². The highest BCUT2D eigenvalue weighted by Crippen LogP contribution is 2.23. The molecular weight excluding hydrogens is 330 g/mol. The zero-order valence-electron chi connectivity index (χ0n) is 14.5. The molecule has 0 aliphatic carbocycles. The molecule has 0 aliphatic rings. The third-order valence-electron chi connectivity index (χ3n) is 2.83. The third kappa shape index (κ3) is 7.59. The van der Waals surface area contributed by atoms with Crippen LogP contribution in [0.3, 0.4) is 0 Å². The predicted octanol–water partition coefficient (Wildman–Crippen LogP) is 3.54. The van der Waals surface area contributed by atoms with Crippen molar-refractivity contribution in [3.8, 4) is 5.75 Å². The molecule has 0 fully saturated rings. The number of carbonyl (C=O) groups excluding carboxylic acids is 1. The van der Waals surface area contributed by atoms with Gasteiger partial charge in [0.25, 0.3) is 0 Å². The first-order valence-electron chi connectivity index (χ1n) is 7.67. The zero-order valence-corrected chi connectivity index (χ0v) is 15.4. The molecule has 0 unspecified atom stereocenters. The van der Waals surface area contributed by atoms with Gasteiger partial charge in [0.2, 0.25) is 0 Å². The number of amides is 1. The van der Waals surface area contributed by atoms with E-state index in [4.69, 9.17) is 9.47 Å². The topological polar surface area (TPSA) is 84.9 Å². The van der Waals surface area contributed by atoms with Gasteiger partial charge in [-0.05, 0) is 51.1 Å². The summed E-state index contributed by atoms with van der Waals surface area (Å²) in [6, 6.07) is 5.10. The summed E-state index contributed by atoms with van der Waals surface area (Å²) < 4.78 is 10.7. The van der Waals surface area contributed by atoms with Gasteiger partial charge in [-0.1, -0.05) is 6.07 Å². The maximum atomic E-state index is 11.5. The normalized spacial score (nSPS) is 11.0. The number of nitrogens with one attached hydrogen (secondary N) is 1. The van der Waals surface area contributed by atoms with Crippen LogP contribution in [0.5, 0.6) is 5.75 Å². The molecule has 0 saturated heterocycles. The van der Waals surface area contributed by atoms with Crippen molar-refractivity contribution in [3.63, 3.8) is 0 Å². The fraction of sp³-hybridized carbons (Fsp3) is 0.529. The standard InChI is InChI=1S/C17H25NO5S/c1-17(2,3)23-16(21)18-8-5-9-22-14-10-12(11-24-4)6-7-13(14)15(19)20/h6-7,10H,5,8-9,11H2,1-4H3,(H,18,21)(H,19,20). The lowest BCUT2D eigenvalue weighted by molar-refractivity contribution is 0.0525. The number of thioether (sulfide) groups is 1. The first-order chi connectivity index (χ1) is 11.2. The molecule has 1 aromatic carbocycles. The van der Waals surface area contributed by atoms with Gasteiger partial charge in [0.1, 0.15) is 16.9 Å². The van der Waals surface area contributed by atoms with E-state index in [1.165, 1.54) is 0 Å². The first kappa shape index (κ1) is 20.2. The highest BCUT2D eigenvalue weighted by molar-refractivity contribution is 7.97. The highest BCUT2D eigenvalue weighted by Gasteiger charge is 2.15. The fourth-order valence-corrected chi connectivity index (χ4v) is 2.39. The molecule has 0 saturated carbocycles. The number of alkyl carbamates (subject to hydrolysis) is 1. The van der Waals surface area contributed by atoms with E-state index < -0.39 is 17.7 Å². The largest absolute Gasteiger partial charge is 0.493 e. The molecule has 0 radical (unpaired) electrons. The molecule has 6 nitrogen and oxygen atoms in total. The van der Waals surface area contributed by atoms with Crippen LogP contribution in [-0.4, -0.2) is 42.2 Å². The second-order valence-electron chi connectivity index (χ2n) is 6.20. The van der Waals surface area contributed by atoms with Gasteiger partial charge >= 0.3 is 12.1 Å². The Morgan fingerprint density at radius 1 is 1.29 bits per heavy atom. The summed E-state index contributed by atoms with van der Waals surface area (Å²) in [6.45, 7) is 6.08. The van der Waals surface area contributed by atoms with Crippen molar-refractivity contribution in [3.05, 3.63) is 29.3 Å². The average Bonchev–Trinajstić information content (AvgIpc) is 2.45. The summed E-state index contributed by atoms with van der Waals surface area (Å²) in [4.78, 5) is 22.7. The Morgan fingerprint density at radius 3 is 2.58 bits per heavy atom. The minimum atomic E-state index is -1.02. The number of carboxylic acids is 1. The zero-order chi connectivity index (χ0) is 18.2. The van der Waals surface area contributed by atoms with E-state index in [1.807, 2.05) is 6.26 Å². The Hall–Kier alpha value is -1.89. The van der Waals surface area contributed by atoms with E-state index in [1.54, 1.807) is 50.7 Å². The maximum Gasteiger partial charge on any atom is 0.407 e.